The highest BCUT2D eigenvalue weighted by Crippen LogP contribution is 2.29. The van der Waals surface area contributed by atoms with Crippen LogP contribution in [0.5, 0.6) is 0 Å². The molecule has 2 aliphatic rings. The summed E-state index contributed by atoms with van der Waals surface area (Å²) < 4.78 is 11.1. The van der Waals surface area contributed by atoms with E-state index in [1.165, 1.54) is 0 Å². The van der Waals surface area contributed by atoms with Crippen molar-refractivity contribution in [2.75, 3.05) is 13.1 Å². The highest BCUT2D eigenvalue weighted by molar-refractivity contribution is 5.90. The third-order valence-electron chi connectivity index (χ3n) is 8.74. The van der Waals surface area contributed by atoms with Crippen molar-refractivity contribution in [2.45, 2.75) is 76.7 Å². The van der Waals surface area contributed by atoms with E-state index in [4.69, 9.17) is 9.47 Å². The number of amides is 2. The Kier molecular flexibility index (Phi) is 10.1. The van der Waals surface area contributed by atoms with E-state index in [9.17, 15) is 19.2 Å². The minimum absolute atomic E-state index is 0.116. The summed E-state index contributed by atoms with van der Waals surface area (Å²) in [6.45, 7) is 5.07. The summed E-state index contributed by atoms with van der Waals surface area (Å²) in [6.07, 6.45) is 2.67. The van der Waals surface area contributed by atoms with Gasteiger partial charge in [0.1, 0.15) is 25.3 Å². The van der Waals surface area contributed by atoms with Crippen LogP contribution in [0, 0.1) is 0 Å². The zero-order valence-corrected chi connectivity index (χ0v) is 25.4. The molecule has 0 saturated carbocycles. The van der Waals surface area contributed by atoms with E-state index in [1.54, 1.807) is 9.80 Å². The lowest BCUT2D eigenvalue weighted by Gasteiger charge is -2.27. The summed E-state index contributed by atoms with van der Waals surface area (Å²) in [7, 11) is 0. The molecule has 8 heteroatoms. The maximum Gasteiger partial charge on any atom is 0.329 e. The largest absolute Gasteiger partial charge is 0.459 e. The standard InChI is InChI=1S/C36H40N2O6/c1-25(33(39)37-21-9-15-31(37)35(41)43-23-27-11-5-3-6-12-27)29-17-19-30(20-18-29)26(2)34(40)38-22-10-16-32(38)36(42)44-24-28-13-7-4-8-14-28/h3-8,11-14,17-20,25-26,31-32H,9-10,15-16,21-24H2,1-2H3/t25?,26?,31-,32-/m1/s1. The monoisotopic (exact) mass is 596 g/mol. The number of carbonyl (C=O) groups is 4. The second-order valence-electron chi connectivity index (χ2n) is 11.7. The number of carbonyl (C=O) groups excluding carboxylic acids is 4. The maximum absolute atomic E-state index is 13.5. The van der Waals surface area contributed by atoms with E-state index >= 15 is 0 Å². The Labute approximate surface area is 258 Å². The molecular weight excluding hydrogens is 556 g/mol. The molecule has 2 saturated heterocycles. The van der Waals surface area contributed by atoms with Gasteiger partial charge in [0.15, 0.2) is 0 Å². The van der Waals surface area contributed by atoms with Crippen molar-refractivity contribution in [3.8, 4) is 0 Å². The lowest BCUT2D eigenvalue weighted by molar-refractivity contribution is -0.155. The van der Waals surface area contributed by atoms with Crippen LogP contribution in [0.2, 0.25) is 0 Å². The third kappa shape index (κ3) is 7.18. The fourth-order valence-electron chi connectivity index (χ4n) is 6.06. The van der Waals surface area contributed by atoms with Gasteiger partial charge in [-0.25, -0.2) is 9.59 Å². The molecule has 3 aromatic carbocycles. The molecule has 5 rings (SSSR count). The second kappa shape index (κ2) is 14.3. The zero-order chi connectivity index (χ0) is 31.1. The molecule has 230 valence electrons. The van der Waals surface area contributed by atoms with Crippen molar-refractivity contribution in [3.63, 3.8) is 0 Å². The summed E-state index contributed by atoms with van der Waals surface area (Å²) >= 11 is 0. The van der Waals surface area contributed by atoms with Crippen molar-refractivity contribution in [3.05, 3.63) is 107 Å². The molecule has 2 heterocycles. The first-order valence-corrected chi connectivity index (χ1v) is 15.5. The normalized spacial score (nSPS) is 19.3. The van der Waals surface area contributed by atoms with Crippen LogP contribution in [0.4, 0.5) is 0 Å². The fraction of sp³-hybridized carbons (Fsp3) is 0.389. The van der Waals surface area contributed by atoms with Gasteiger partial charge >= 0.3 is 11.9 Å². The van der Waals surface area contributed by atoms with E-state index in [2.05, 4.69) is 0 Å². The molecule has 0 bridgehead atoms. The Morgan fingerprint density at radius 2 is 0.977 bits per heavy atom. The van der Waals surface area contributed by atoms with Crippen LogP contribution in [-0.2, 0) is 41.9 Å². The van der Waals surface area contributed by atoms with Crippen LogP contribution in [0.1, 0.15) is 73.6 Å². The quantitative estimate of drug-likeness (QED) is 0.293. The van der Waals surface area contributed by atoms with E-state index in [0.717, 1.165) is 35.1 Å². The van der Waals surface area contributed by atoms with Crippen molar-refractivity contribution in [1.29, 1.82) is 0 Å². The molecular formula is C36H40N2O6. The lowest BCUT2D eigenvalue weighted by atomic mass is 9.93. The Morgan fingerprint density at radius 3 is 1.34 bits per heavy atom. The number of hydrogen-bond acceptors (Lipinski definition) is 6. The van der Waals surface area contributed by atoms with Crippen LogP contribution < -0.4 is 0 Å². The average molecular weight is 597 g/mol. The molecule has 3 aromatic rings. The van der Waals surface area contributed by atoms with Crippen LogP contribution in [-0.4, -0.2) is 58.7 Å². The highest BCUT2D eigenvalue weighted by atomic mass is 16.5. The van der Waals surface area contributed by atoms with E-state index in [-0.39, 0.29) is 37.0 Å². The van der Waals surface area contributed by atoms with Gasteiger partial charge in [0.05, 0.1) is 11.8 Å². The lowest BCUT2D eigenvalue weighted by Crippen LogP contribution is -2.43. The number of benzene rings is 3. The predicted octanol–water partition coefficient (Wildman–Crippen LogP) is 5.36. The molecule has 0 aromatic heterocycles. The molecule has 0 N–H and O–H groups in total. The minimum Gasteiger partial charge on any atom is -0.459 e. The summed E-state index contributed by atoms with van der Waals surface area (Å²) in [4.78, 5) is 56.0. The van der Waals surface area contributed by atoms with Gasteiger partial charge in [-0.05, 0) is 61.8 Å². The van der Waals surface area contributed by atoms with Gasteiger partial charge in [0, 0.05) is 13.1 Å². The van der Waals surface area contributed by atoms with Gasteiger partial charge in [-0.2, -0.15) is 0 Å². The molecule has 0 radical (unpaired) electrons. The summed E-state index contributed by atoms with van der Waals surface area (Å²) in [5.74, 6) is -1.90. The Bertz CT molecular complexity index is 1330. The molecule has 8 nitrogen and oxygen atoms in total. The Hall–Kier alpha value is -4.46. The van der Waals surface area contributed by atoms with Crippen LogP contribution >= 0.6 is 0 Å². The van der Waals surface area contributed by atoms with Gasteiger partial charge < -0.3 is 19.3 Å². The van der Waals surface area contributed by atoms with Crippen molar-refractivity contribution in [1.82, 2.24) is 9.80 Å². The van der Waals surface area contributed by atoms with Crippen LogP contribution in [0.25, 0.3) is 0 Å². The molecule has 4 atom stereocenters. The number of ether oxygens (including phenoxy) is 2. The second-order valence-corrected chi connectivity index (χ2v) is 11.7. The summed E-state index contributed by atoms with van der Waals surface area (Å²) in [6, 6.07) is 25.3. The van der Waals surface area contributed by atoms with Gasteiger partial charge in [0.2, 0.25) is 11.8 Å². The van der Waals surface area contributed by atoms with E-state index in [1.807, 2.05) is 98.8 Å². The van der Waals surface area contributed by atoms with Gasteiger partial charge in [0.25, 0.3) is 0 Å². The molecule has 2 amide bonds. The first-order valence-electron chi connectivity index (χ1n) is 15.5. The highest BCUT2D eigenvalue weighted by Gasteiger charge is 2.39. The molecule has 0 spiro atoms. The maximum atomic E-state index is 13.5. The number of nitrogens with zero attached hydrogens (tertiary/aromatic N) is 2. The van der Waals surface area contributed by atoms with Crippen LogP contribution in [0.3, 0.4) is 0 Å². The summed E-state index contributed by atoms with van der Waals surface area (Å²) in [5.41, 5.74) is 3.43. The van der Waals surface area contributed by atoms with E-state index < -0.39 is 23.9 Å². The fourth-order valence-corrected chi connectivity index (χ4v) is 6.06. The number of hydrogen-bond donors (Lipinski definition) is 0. The molecule has 0 aliphatic carbocycles. The third-order valence-corrected chi connectivity index (χ3v) is 8.74. The number of likely N-dealkylation sites (tertiary alicyclic amines) is 2. The van der Waals surface area contributed by atoms with Crippen molar-refractivity contribution < 1.29 is 28.7 Å². The van der Waals surface area contributed by atoms with E-state index in [0.29, 0.717) is 25.9 Å². The molecule has 2 fully saturated rings. The minimum atomic E-state index is -0.585. The topological polar surface area (TPSA) is 93.2 Å². The Morgan fingerprint density at radius 1 is 0.614 bits per heavy atom. The van der Waals surface area contributed by atoms with Crippen molar-refractivity contribution >= 4 is 23.8 Å². The van der Waals surface area contributed by atoms with Crippen molar-refractivity contribution in [2.24, 2.45) is 0 Å². The van der Waals surface area contributed by atoms with Crippen LogP contribution in [0.15, 0.2) is 84.9 Å². The smallest absolute Gasteiger partial charge is 0.329 e. The molecule has 44 heavy (non-hydrogen) atoms. The summed E-state index contributed by atoms with van der Waals surface area (Å²) in [5, 5.41) is 0. The molecule has 2 aliphatic heterocycles. The number of esters is 2. The van der Waals surface area contributed by atoms with Gasteiger partial charge in [-0.1, -0.05) is 84.9 Å². The van der Waals surface area contributed by atoms with Gasteiger partial charge in [-0.15, -0.1) is 0 Å². The SMILES string of the molecule is CC(C(=O)N1CCC[C@@H]1C(=O)OCc1ccccc1)c1ccc(C(C)C(=O)N2CCC[C@@H]2C(=O)OCc2ccccc2)cc1. The zero-order valence-electron chi connectivity index (χ0n) is 25.4. The first-order chi connectivity index (χ1) is 21.3. The predicted molar refractivity (Wildman–Crippen MR) is 165 cm³/mol. The van der Waals surface area contributed by atoms with Gasteiger partial charge in [-0.3, -0.25) is 9.59 Å². The molecule has 2 unspecified atom stereocenters. The Balaban J connectivity index is 1.17. The first kappa shape index (κ1) is 31.0. The number of rotatable bonds is 10. The average Bonchev–Trinajstić information content (AvgIpc) is 3.77.